The van der Waals surface area contributed by atoms with Gasteiger partial charge in [0.2, 0.25) is 0 Å². The summed E-state index contributed by atoms with van der Waals surface area (Å²) >= 11 is 0. The molecule has 1 fully saturated rings. The predicted molar refractivity (Wildman–Crippen MR) is 84.9 cm³/mol. The van der Waals surface area contributed by atoms with Crippen LogP contribution in [0.4, 0.5) is 0 Å². The minimum Gasteiger partial charge on any atom is -0.364 e. The number of nitrogens with zero attached hydrogens (tertiary/aromatic N) is 3. The highest BCUT2D eigenvalue weighted by molar-refractivity contribution is 5.95. The van der Waals surface area contributed by atoms with E-state index < -0.39 is 0 Å². The summed E-state index contributed by atoms with van der Waals surface area (Å²) in [5, 5.41) is 3.21. The SMILES string of the molecule is CCc1[nH]ccc1C(=O)N[C@@H]1CN(C)C[C@H]1c1cncn1C. The van der Waals surface area contributed by atoms with Gasteiger partial charge in [0.15, 0.2) is 0 Å². The molecule has 0 spiro atoms. The molecule has 22 heavy (non-hydrogen) atoms. The van der Waals surface area contributed by atoms with Gasteiger partial charge in [-0.3, -0.25) is 4.79 Å². The van der Waals surface area contributed by atoms with Gasteiger partial charge in [-0.1, -0.05) is 6.92 Å². The van der Waals surface area contributed by atoms with Crippen molar-refractivity contribution >= 4 is 5.91 Å². The van der Waals surface area contributed by atoms with Crippen molar-refractivity contribution in [2.24, 2.45) is 7.05 Å². The van der Waals surface area contributed by atoms with Gasteiger partial charge in [-0.25, -0.2) is 4.98 Å². The van der Waals surface area contributed by atoms with E-state index in [1.807, 2.05) is 43.3 Å². The van der Waals surface area contributed by atoms with Crippen molar-refractivity contribution in [2.45, 2.75) is 25.3 Å². The number of aromatic nitrogens is 3. The lowest BCUT2D eigenvalue weighted by molar-refractivity contribution is 0.0934. The van der Waals surface area contributed by atoms with Crippen molar-refractivity contribution < 1.29 is 4.79 Å². The third-order valence-corrected chi connectivity index (χ3v) is 4.48. The molecule has 0 aliphatic carbocycles. The summed E-state index contributed by atoms with van der Waals surface area (Å²) in [4.78, 5) is 22.2. The Morgan fingerprint density at radius 1 is 1.45 bits per heavy atom. The molecule has 0 saturated carbocycles. The normalized spacial score (nSPS) is 22.1. The van der Waals surface area contributed by atoms with Crippen LogP contribution in [0, 0.1) is 0 Å². The quantitative estimate of drug-likeness (QED) is 0.890. The summed E-state index contributed by atoms with van der Waals surface area (Å²) in [6.45, 7) is 3.83. The fourth-order valence-electron chi connectivity index (χ4n) is 3.33. The molecule has 1 saturated heterocycles. The molecule has 0 unspecified atom stereocenters. The van der Waals surface area contributed by atoms with Gasteiger partial charge in [0, 0.05) is 49.8 Å². The van der Waals surface area contributed by atoms with Crippen molar-refractivity contribution in [1.29, 1.82) is 0 Å². The second-order valence-corrected chi connectivity index (χ2v) is 6.06. The van der Waals surface area contributed by atoms with E-state index in [-0.39, 0.29) is 17.9 Å². The van der Waals surface area contributed by atoms with Crippen LogP contribution in [0.3, 0.4) is 0 Å². The summed E-state index contributed by atoms with van der Waals surface area (Å²) in [7, 11) is 4.09. The highest BCUT2D eigenvalue weighted by atomic mass is 16.1. The number of carbonyl (C=O) groups excluding carboxylic acids is 1. The van der Waals surface area contributed by atoms with E-state index in [4.69, 9.17) is 0 Å². The Bertz CT molecular complexity index is 659. The lowest BCUT2D eigenvalue weighted by atomic mass is 9.99. The van der Waals surface area contributed by atoms with E-state index in [9.17, 15) is 4.79 Å². The molecule has 2 atom stereocenters. The number of nitrogens with one attached hydrogen (secondary N) is 2. The van der Waals surface area contributed by atoms with Gasteiger partial charge in [-0.2, -0.15) is 0 Å². The smallest absolute Gasteiger partial charge is 0.253 e. The highest BCUT2D eigenvalue weighted by Gasteiger charge is 2.35. The van der Waals surface area contributed by atoms with Crippen LogP contribution in [0.15, 0.2) is 24.8 Å². The average Bonchev–Trinajstić information content (AvgIpc) is 3.18. The van der Waals surface area contributed by atoms with Crippen molar-refractivity contribution in [1.82, 2.24) is 24.8 Å². The first-order valence-electron chi connectivity index (χ1n) is 7.72. The minimum atomic E-state index is 0.00516. The number of aromatic amines is 1. The standard InChI is InChI=1S/C16H23N5O/c1-4-13-11(5-6-18-13)16(22)19-14-9-20(2)8-12(14)15-7-17-10-21(15)3/h5-7,10,12,14,18H,4,8-9H2,1-3H3,(H,19,22)/t12-,14-/m1/s1. The molecule has 1 aliphatic rings. The Morgan fingerprint density at radius 2 is 2.27 bits per heavy atom. The number of H-pyrrole nitrogens is 1. The summed E-state index contributed by atoms with van der Waals surface area (Å²) in [5.41, 5.74) is 2.90. The number of aryl methyl sites for hydroxylation is 2. The van der Waals surface area contributed by atoms with Crippen molar-refractivity contribution in [3.8, 4) is 0 Å². The van der Waals surface area contributed by atoms with E-state index in [0.29, 0.717) is 0 Å². The summed E-state index contributed by atoms with van der Waals surface area (Å²) in [6, 6.07) is 1.96. The number of imidazole rings is 1. The second kappa shape index (κ2) is 5.96. The summed E-state index contributed by atoms with van der Waals surface area (Å²) in [5.74, 6) is 0.274. The van der Waals surface area contributed by atoms with Gasteiger partial charge >= 0.3 is 0 Å². The van der Waals surface area contributed by atoms with Gasteiger partial charge in [-0.05, 0) is 19.5 Å². The highest BCUT2D eigenvalue weighted by Crippen LogP contribution is 2.26. The first-order chi connectivity index (χ1) is 10.6. The summed E-state index contributed by atoms with van der Waals surface area (Å²) < 4.78 is 2.04. The molecule has 3 heterocycles. The molecule has 2 aromatic rings. The lowest BCUT2D eigenvalue weighted by Crippen LogP contribution is -2.40. The Hall–Kier alpha value is -2.08. The second-order valence-electron chi connectivity index (χ2n) is 6.06. The number of amides is 1. The van der Waals surface area contributed by atoms with E-state index in [1.54, 1.807) is 0 Å². The lowest BCUT2D eigenvalue weighted by Gasteiger charge is -2.20. The third kappa shape index (κ3) is 2.66. The molecular weight excluding hydrogens is 278 g/mol. The van der Waals surface area contributed by atoms with E-state index in [2.05, 4.69) is 27.2 Å². The molecule has 3 rings (SSSR count). The minimum absolute atomic E-state index is 0.00516. The molecule has 1 amide bonds. The Kier molecular flexibility index (Phi) is 4.02. The first kappa shape index (κ1) is 14.8. The molecule has 0 aromatic carbocycles. The molecule has 0 bridgehead atoms. The number of carbonyl (C=O) groups is 1. The average molecular weight is 301 g/mol. The van der Waals surface area contributed by atoms with Crippen LogP contribution < -0.4 is 5.32 Å². The van der Waals surface area contributed by atoms with Crippen LogP contribution in [0.5, 0.6) is 0 Å². The van der Waals surface area contributed by atoms with Crippen molar-refractivity contribution in [2.75, 3.05) is 20.1 Å². The van der Waals surface area contributed by atoms with Crippen molar-refractivity contribution in [3.05, 3.63) is 41.7 Å². The van der Waals surface area contributed by atoms with Crippen LogP contribution in [-0.4, -0.2) is 51.5 Å². The molecule has 2 aromatic heterocycles. The molecule has 0 radical (unpaired) electrons. The van der Waals surface area contributed by atoms with E-state index >= 15 is 0 Å². The van der Waals surface area contributed by atoms with Crippen molar-refractivity contribution in [3.63, 3.8) is 0 Å². The first-order valence-corrected chi connectivity index (χ1v) is 7.72. The van der Waals surface area contributed by atoms with Crippen LogP contribution in [0.1, 0.15) is 34.6 Å². The van der Waals surface area contributed by atoms with Crippen LogP contribution in [0.2, 0.25) is 0 Å². The number of hydrogen-bond donors (Lipinski definition) is 2. The Labute approximate surface area is 130 Å². The zero-order valence-corrected chi connectivity index (χ0v) is 13.3. The van der Waals surface area contributed by atoms with Crippen LogP contribution in [0.25, 0.3) is 0 Å². The maximum absolute atomic E-state index is 12.6. The van der Waals surface area contributed by atoms with Gasteiger partial charge in [0.05, 0.1) is 17.9 Å². The maximum atomic E-state index is 12.6. The largest absolute Gasteiger partial charge is 0.364 e. The number of likely N-dealkylation sites (N-methyl/N-ethyl adjacent to an activating group) is 1. The zero-order valence-electron chi connectivity index (χ0n) is 13.3. The number of hydrogen-bond acceptors (Lipinski definition) is 3. The molecule has 6 heteroatoms. The Balaban J connectivity index is 1.78. The summed E-state index contributed by atoms with van der Waals surface area (Å²) in [6.07, 6.45) is 6.36. The molecule has 6 nitrogen and oxygen atoms in total. The monoisotopic (exact) mass is 301 g/mol. The Morgan fingerprint density at radius 3 is 2.95 bits per heavy atom. The van der Waals surface area contributed by atoms with Crippen LogP contribution >= 0.6 is 0 Å². The predicted octanol–water partition coefficient (Wildman–Crippen LogP) is 1.14. The van der Waals surface area contributed by atoms with Crippen LogP contribution in [-0.2, 0) is 13.5 Å². The fraction of sp³-hybridized carbons (Fsp3) is 0.500. The fourth-order valence-corrected chi connectivity index (χ4v) is 3.33. The topological polar surface area (TPSA) is 66.0 Å². The molecule has 118 valence electrons. The van der Waals surface area contributed by atoms with Gasteiger partial charge in [0.25, 0.3) is 5.91 Å². The number of rotatable bonds is 4. The number of likely N-dealkylation sites (tertiary alicyclic amines) is 1. The van der Waals surface area contributed by atoms with Gasteiger partial charge < -0.3 is 19.8 Å². The molecule has 2 N–H and O–H groups in total. The van der Waals surface area contributed by atoms with E-state index in [0.717, 1.165) is 30.8 Å². The zero-order chi connectivity index (χ0) is 15.7. The third-order valence-electron chi connectivity index (χ3n) is 4.48. The van der Waals surface area contributed by atoms with Gasteiger partial charge in [-0.15, -0.1) is 0 Å². The molecule has 1 aliphatic heterocycles. The maximum Gasteiger partial charge on any atom is 0.253 e. The molecular formula is C16H23N5O. The van der Waals surface area contributed by atoms with Gasteiger partial charge in [0.1, 0.15) is 0 Å². The van der Waals surface area contributed by atoms with E-state index in [1.165, 1.54) is 5.69 Å².